The Morgan fingerprint density at radius 2 is 2.46 bits per heavy atom. The van der Waals surface area contributed by atoms with Crippen molar-refractivity contribution in [3.63, 3.8) is 0 Å². The Morgan fingerprint density at radius 1 is 1.62 bits per heavy atom. The summed E-state index contributed by atoms with van der Waals surface area (Å²) in [7, 11) is 0. The van der Waals surface area contributed by atoms with E-state index < -0.39 is 0 Å². The van der Waals surface area contributed by atoms with Crippen LogP contribution in [0.5, 0.6) is 0 Å². The number of amidine groups is 1. The molecule has 0 bridgehead atoms. The van der Waals surface area contributed by atoms with Crippen LogP contribution in [0.15, 0.2) is 4.99 Å². The number of nitrogens with zero attached hydrogens (tertiary/aromatic N) is 1. The van der Waals surface area contributed by atoms with Gasteiger partial charge in [-0.1, -0.05) is 32.0 Å². The van der Waals surface area contributed by atoms with Crippen LogP contribution in [0, 0.1) is 11.8 Å². The van der Waals surface area contributed by atoms with E-state index in [4.69, 9.17) is 0 Å². The van der Waals surface area contributed by atoms with Crippen LogP contribution in [0.2, 0.25) is 0 Å². The number of nitrogens with one attached hydrogen (secondary N) is 1. The highest BCUT2D eigenvalue weighted by Gasteiger charge is 2.36. The summed E-state index contributed by atoms with van der Waals surface area (Å²) in [5, 5.41) is 4.72. The van der Waals surface area contributed by atoms with Gasteiger partial charge in [0.2, 0.25) is 0 Å². The molecule has 0 aromatic carbocycles. The predicted octanol–water partition coefficient (Wildman–Crippen LogP) is 2.11. The third kappa shape index (κ3) is 2.39. The van der Waals surface area contributed by atoms with E-state index in [1.165, 1.54) is 23.8 Å². The maximum absolute atomic E-state index is 4.53. The highest BCUT2D eigenvalue weighted by molar-refractivity contribution is 8.13. The fourth-order valence-corrected chi connectivity index (χ4v) is 2.63. The van der Waals surface area contributed by atoms with Crippen LogP contribution in [0.4, 0.5) is 0 Å². The first-order valence-corrected chi connectivity index (χ1v) is 6.22. The van der Waals surface area contributed by atoms with Crippen molar-refractivity contribution in [2.24, 2.45) is 16.8 Å². The van der Waals surface area contributed by atoms with E-state index in [0.29, 0.717) is 0 Å². The van der Waals surface area contributed by atoms with Crippen molar-refractivity contribution >= 4 is 16.9 Å². The van der Waals surface area contributed by atoms with Gasteiger partial charge >= 0.3 is 0 Å². The second-order valence-corrected chi connectivity index (χ2v) is 5.23. The first-order chi connectivity index (χ1) is 6.29. The molecule has 3 unspecified atom stereocenters. The zero-order valence-electron chi connectivity index (χ0n) is 8.42. The van der Waals surface area contributed by atoms with Crippen LogP contribution < -0.4 is 5.32 Å². The van der Waals surface area contributed by atoms with Crippen molar-refractivity contribution in [3.8, 4) is 0 Å². The molecule has 1 heterocycles. The molecule has 0 aromatic heterocycles. The second-order valence-electron chi connectivity index (χ2n) is 4.22. The van der Waals surface area contributed by atoms with Crippen molar-refractivity contribution in [3.05, 3.63) is 0 Å². The smallest absolute Gasteiger partial charge is 0.156 e. The molecule has 13 heavy (non-hydrogen) atoms. The number of rotatable bonds is 2. The summed E-state index contributed by atoms with van der Waals surface area (Å²) in [5.41, 5.74) is 0. The molecule has 2 nitrogen and oxygen atoms in total. The Hall–Kier alpha value is -0.180. The number of hydrogen-bond acceptors (Lipinski definition) is 3. The van der Waals surface area contributed by atoms with Crippen molar-refractivity contribution in [2.75, 3.05) is 12.3 Å². The van der Waals surface area contributed by atoms with Gasteiger partial charge in [-0.25, -0.2) is 0 Å². The van der Waals surface area contributed by atoms with E-state index in [1.807, 2.05) is 11.8 Å². The number of hydrogen-bond donors (Lipinski definition) is 1. The molecule has 1 N–H and O–H groups in total. The SMILES string of the molecule is CCC1CC1NC1=NCC(C)CS1. The van der Waals surface area contributed by atoms with Gasteiger partial charge in [0.1, 0.15) is 0 Å². The van der Waals surface area contributed by atoms with E-state index >= 15 is 0 Å². The highest BCUT2D eigenvalue weighted by Crippen LogP contribution is 2.34. The summed E-state index contributed by atoms with van der Waals surface area (Å²) in [4.78, 5) is 4.53. The van der Waals surface area contributed by atoms with Gasteiger partial charge in [0.15, 0.2) is 5.17 Å². The number of thioether (sulfide) groups is 1. The molecular weight excluding hydrogens is 180 g/mol. The van der Waals surface area contributed by atoms with Crippen LogP contribution in [-0.2, 0) is 0 Å². The third-order valence-corrected chi connectivity index (χ3v) is 4.06. The topological polar surface area (TPSA) is 24.4 Å². The molecule has 0 amide bonds. The van der Waals surface area contributed by atoms with Crippen LogP contribution in [0.3, 0.4) is 0 Å². The molecular formula is C10H18N2S. The van der Waals surface area contributed by atoms with Crippen LogP contribution in [0.25, 0.3) is 0 Å². The average molecular weight is 198 g/mol. The summed E-state index contributed by atoms with van der Waals surface area (Å²) in [5.74, 6) is 2.91. The molecule has 1 saturated carbocycles. The fourth-order valence-electron chi connectivity index (χ4n) is 1.68. The van der Waals surface area contributed by atoms with Crippen molar-refractivity contribution < 1.29 is 0 Å². The van der Waals surface area contributed by atoms with Gasteiger partial charge < -0.3 is 5.32 Å². The lowest BCUT2D eigenvalue weighted by molar-refractivity contribution is 0.664. The van der Waals surface area contributed by atoms with Gasteiger partial charge in [-0.15, -0.1) is 0 Å². The largest absolute Gasteiger partial charge is 0.362 e. The van der Waals surface area contributed by atoms with Gasteiger partial charge in [0.25, 0.3) is 0 Å². The maximum atomic E-state index is 4.53. The molecule has 0 aromatic rings. The average Bonchev–Trinajstić information content (AvgIpc) is 2.88. The minimum absolute atomic E-state index is 0.740. The van der Waals surface area contributed by atoms with E-state index in [9.17, 15) is 0 Å². The Morgan fingerprint density at radius 3 is 3.00 bits per heavy atom. The predicted molar refractivity (Wildman–Crippen MR) is 59.2 cm³/mol. The first kappa shape index (κ1) is 9.38. The molecule has 2 aliphatic rings. The lowest BCUT2D eigenvalue weighted by Gasteiger charge is -2.17. The third-order valence-electron chi connectivity index (χ3n) is 2.81. The molecule has 0 spiro atoms. The highest BCUT2D eigenvalue weighted by atomic mass is 32.2. The normalized spacial score (nSPS) is 38.3. The summed E-state index contributed by atoms with van der Waals surface area (Å²) in [6, 6.07) is 0.740. The van der Waals surface area contributed by atoms with Gasteiger partial charge in [-0.2, -0.15) is 0 Å². The maximum Gasteiger partial charge on any atom is 0.156 e. The van der Waals surface area contributed by atoms with Crippen LogP contribution in [-0.4, -0.2) is 23.5 Å². The van der Waals surface area contributed by atoms with E-state index in [0.717, 1.165) is 24.4 Å². The van der Waals surface area contributed by atoms with Gasteiger partial charge in [-0.3, -0.25) is 4.99 Å². The zero-order chi connectivity index (χ0) is 9.26. The quantitative estimate of drug-likeness (QED) is 0.735. The van der Waals surface area contributed by atoms with Crippen LogP contribution in [0.1, 0.15) is 26.7 Å². The summed E-state index contributed by atoms with van der Waals surface area (Å²) >= 11 is 1.89. The molecule has 3 atom stereocenters. The Balaban J connectivity index is 1.77. The molecule has 0 saturated heterocycles. The van der Waals surface area contributed by atoms with Gasteiger partial charge in [-0.05, 0) is 18.3 Å². The van der Waals surface area contributed by atoms with E-state index in [1.54, 1.807) is 0 Å². The van der Waals surface area contributed by atoms with Gasteiger partial charge in [0.05, 0.1) is 0 Å². The minimum Gasteiger partial charge on any atom is -0.362 e. The molecule has 3 heteroatoms. The molecule has 0 radical (unpaired) electrons. The molecule has 74 valence electrons. The monoisotopic (exact) mass is 198 g/mol. The number of aliphatic imine (C=N–C) groups is 1. The standard InChI is InChI=1S/C10H18N2S/c1-3-8-4-9(8)12-10-11-5-7(2)6-13-10/h7-9H,3-6H2,1-2H3,(H,11,12). The minimum atomic E-state index is 0.740. The first-order valence-electron chi connectivity index (χ1n) is 5.23. The summed E-state index contributed by atoms with van der Waals surface area (Å²) in [6.07, 6.45) is 2.66. The van der Waals surface area contributed by atoms with Crippen LogP contribution >= 0.6 is 11.8 Å². The summed E-state index contributed by atoms with van der Waals surface area (Å²) in [6.45, 7) is 5.54. The summed E-state index contributed by atoms with van der Waals surface area (Å²) < 4.78 is 0. The van der Waals surface area contributed by atoms with Crippen molar-refractivity contribution in [1.29, 1.82) is 0 Å². The molecule has 1 aliphatic heterocycles. The second kappa shape index (κ2) is 3.91. The zero-order valence-corrected chi connectivity index (χ0v) is 9.23. The molecule has 2 rings (SSSR count). The fraction of sp³-hybridized carbons (Fsp3) is 0.900. The van der Waals surface area contributed by atoms with E-state index in [2.05, 4.69) is 24.2 Å². The van der Waals surface area contributed by atoms with Crippen molar-refractivity contribution in [1.82, 2.24) is 5.32 Å². The van der Waals surface area contributed by atoms with E-state index in [-0.39, 0.29) is 0 Å². The Bertz CT molecular complexity index is 215. The Labute approximate surface area is 84.6 Å². The Kier molecular flexibility index (Phi) is 2.82. The molecule has 1 fully saturated rings. The molecule has 1 aliphatic carbocycles. The lowest BCUT2D eigenvalue weighted by atomic mass is 10.2. The lowest BCUT2D eigenvalue weighted by Crippen LogP contribution is -2.28. The van der Waals surface area contributed by atoms with Gasteiger partial charge in [0, 0.05) is 18.3 Å². The van der Waals surface area contributed by atoms with Crippen molar-refractivity contribution in [2.45, 2.75) is 32.7 Å².